The lowest BCUT2D eigenvalue weighted by Crippen LogP contribution is -2.21. The third-order valence-corrected chi connectivity index (χ3v) is 4.37. The van der Waals surface area contributed by atoms with Crippen molar-refractivity contribution >= 4 is 11.8 Å². The standard InChI is InChI=1S/C19H14F4O4/c20-14-6-5-13(19(21,22)23)16(17(24)18(25)26)15(14)11-3-4-12-9-27-7-1-2-10(12)8-11/h3-6,8H,1-2,7,9H2,(H,25,26). The van der Waals surface area contributed by atoms with Crippen LogP contribution in [-0.4, -0.2) is 23.5 Å². The Labute approximate surface area is 151 Å². The van der Waals surface area contributed by atoms with E-state index in [9.17, 15) is 27.2 Å². The molecular formula is C19H14F4O4. The molecule has 4 nitrogen and oxygen atoms in total. The number of fused-ring (bicyclic) bond motifs is 1. The van der Waals surface area contributed by atoms with Crippen LogP contribution in [0.1, 0.15) is 33.5 Å². The summed E-state index contributed by atoms with van der Waals surface area (Å²) in [6.45, 7) is 0.840. The summed E-state index contributed by atoms with van der Waals surface area (Å²) in [4.78, 5) is 23.1. The SMILES string of the molecule is O=C(O)C(=O)c1c(C(F)(F)F)ccc(F)c1-c1ccc2c(c1)CCCOC2. The Morgan fingerprint density at radius 3 is 2.48 bits per heavy atom. The molecule has 0 unspecified atom stereocenters. The van der Waals surface area contributed by atoms with Gasteiger partial charge in [0, 0.05) is 12.2 Å². The number of carbonyl (C=O) groups excluding carboxylic acids is 1. The third-order valence-electron chi connectivity index (χ3n) is 4.37. The Morgan fingerprint density at radius 2 is 1.81 bits per heavy atom. The van der Waals surface area contributed by atoms with Gasteiger partial charge in [0.1, 0.15) is 5.82 Å². The fourth-order valence-corrected chi connectivity index (χ4v) is 3.14. The summed E-state index contributed by atoms with van der Waals surface area (Å²) in [7, 11) is 0. The minimum atomic E-state index is -5.01. The Kier molecular flexibility index (Phi) is 5.01. The lowest BCUT2D eigenvalue weighted by molar-refractivity contribution is -0.138. The van der Waals surface area contributed by atoms with E-state index in [-0.39, 0.29) is 5.56 Å². The zero-order valence-corrected chi connectivity index (χ0v) is 13.9. The minimum absolute atomic E-state index is 0.0175. The molecule has 3 rings (SSSR count). The molecule has 0 saturated heterocycles. The molecule has 2 aromatic rings. The molecule has 0 fully saturated rings. The van der Waals surface area contributed by atoms with E-state index in [1.54, 1.807) is 6.07 Å². The van der Waals surface area contributed by atoms with Crippen molar-refractivity contribution in [3.05, 3.63) is 58.4 Å². The molecule has 1 N–H and O–H groups in total. The number of halogens is 4. The predicted octanol–water partition coefficient (Wildman–Crippen LogP) is 4.24. The molecule has 0 amide bonds. The number of hydrogen-bond donors (Lipinski definition) is 1. The summed E-state index contributed by atoms with van der Waals surface area (Å²) in [6, 6.07) is 5.41. The van der Waals surface area contributed by atoms with Crippen molar-refractivity contribution in [1.29, 1.82) is 0 Å². The summed E-state index contributed by atoms with van der Waals surface area (Å²) >= 11 is 0. The first-order valence-electron chi connectivity index (χ1n) is 8.07. The Hall–Kier alpha value is -2.74. The molecule has 0 bridgehead atoms. The summed E-state index contributed by atoms with van der Waals surface area (Å²) in [5, 5.41) is 8.96. The number of carboxylic acids is 1. The van der Waals surface area contributed by atoms with Crippen LogP contribution in [0.5, 0.6) is 0 Å². The molecule has 0 atom stereocenters. The van der Waals surface area contributed by atoms with E-state index in [0.29, 0.717) is 38.2 Å². The highest BCUT2D eigenvalue weighted by Crippen LogP contribution is 2.39. The van der Waals surface area contributed by atoms with Crippen molar-refractivity contribution < 1.29 is 37.0 Å². The zero-order chi connectivity index (χ0) is 19.8. The Morgan fingerprint density at radius 1 is 1.07 bits per heavy atom. The van der Waals surface area contributed by atoms with Gasteiger partial charge in [-0.3, -0.25) is 4.79 Å². The number of ketones is 1. The van der Waals surface area contributed by atoms with Gasteiger partial charge in [-0.1, -0.05) is 18.2 Å². The molecule has 27 heavy (non-hydrogen) atoms. The average Bonchev–Trinajstić information content (AvgIpc) is 2.84. The van der Waals surface area contributed by atoms with Gasteiger partial charge in [-0.05, 0) is 41.7 Å². The summed E-state index contributed by atoms with van der Waals surface area (Å²) in [5.74, 6) is -5.00. The normalized spacial score (nSPS) is 14.4. The third kappa shape index (κ3) is 3.71. The number of carbonyl (C=O) groups is 2. The van der Waals surface area contributed by atoms with Gasteiger partial charge in [0.05, 0.1) is 17.7 Å². The van der Waals surface area contributed by atoms with Gasteiger partial charge in [-0.25, -0.2) is 9.18 Å². The summed E-state index contributed by atoms with van der Waals surface area (Å²) < 4.78 is 59.9. The number of alkyl halides is 3. The molecule has 1 aliphatic rings. The fraction of sp³-hybridized carbons (Fsp3) is 0.263. The van der Waals surface area contributed by atoms with Crippen molar-refractivity contribution in [2.75, 3.05) is 6.61 Å². The molecule has 0 saturated carbocycles. The van der Waals surface area contributed by atoms with Crippen molar-refractivity contribution in [2.24, 2.45) is 0 Å². The van der Waals surface area contributed by atoms with E-state index in [1.165, 1.54) is 12.1 Å². The maximum absolute atomic E-state index is 14.5. The van der Waals surface area contributed by atoms with Crippen LogP contribution in [0, 0.1) is 5.82 Å². The summed E-state index contributed by atoms with van der Waals surface area (Å²) in [5.41, 5.74) is -1.75. The number of aryl methyl sites for hydroxylation is 1. The minimum Gasteiger partial charge on any atom is -0.475 e. The van der Waals surface area contributed by atoms with Gasteiger partial charge in [0.2, 0.25) is 0 Å². The van der Waals surface area contributed by atoms with Crippen molar-refractivity contribution in [3.8, 4) is 11.1 Å². The fourth-order valence-electron chi connectivity index (χ4n) is 3.14. The number of Topliss-reactive ketones (excluding diaryl/α,β-unsaturated/α-hetero) is 1. The van der Waals surface area contributed by atoms with Gasteiger partial charge in [-0.2, -0.15) is 13.2 Å². The predicted molar refractivity (Wildman–Crippen MR) is 86.8 cm³/mol. The van der Waals surface area contributed by atoms with E-state index in [1.807, 2.05) is 0 Å². The number of benzene rings is 2. The Bertz CT molecular complexity index is 919. The van der Waals surface area contributed by atoms with Crippen LogP contribution in [0.15, 0.2) is 30.3 Å². The number of hydrogen-bond acceptors (Lipinski definition) is 3. The first-order valence-corrected chi connectivity index (χ1v) is 8.07. The molecule has 2 aromatic carbocycles. The van der Waals surface area contributed by atoms with Gasteiger partial charge < -0.3 is 9.84 Å². The maximum Gasteiger partial charge on any atom is 0.417 e. The number of ether oxygens (including phenoxy) is 1. The van der Waals surface area contributed by atoms with Crippen LogP contribution < -0.4 is 0 Å². The summed E-state index contributed by atoms with van der Waals surface area (Å²) in [6.07, 6.45) is -3.75. The van der Waals surface area contributed by atoms with Crippen molar-refractivity contribution in [1.82, 2.24) is 0 Å². The highest BCUT2D eigenvalue weighted by Gasteiger charge is 2.39. The van der Waals surface area contributed by atoms with Crippen LogP contribution in [-0.2, 0) is 28.7 Å². The number of rotatable bonds is 3. The molecule has 142 valence electrons. The van der Waals surface area contributed by atoms with Gasteiger partial charge in [-0.15, -0.1) is 0 Å². The molecule has 1 aliphatic heterocycles. The number of carboxylic acid groups (broad SMARTS) is 1. The number of aliphatic carboxylic acids is 1. The first kappa shape index (κ1) is 19.0. The molecular weight excluding hydrogens is 368 g/mol. The van der Waals surface area contributed by atoms with E-state index in [4.69, 9.17) is 9.84 Å². The first-order chi connectivity index (χ1) is 12.7. The molecule has 0 spiro atoms. The van der Waals surface area contributed by atoms with E-state index in [0.717, 1.165) is 11.1 Å². The molecule has 1 heterocycles. The largest absolute Gasteiger partial charge is 0.475 e. The van der Waals surface area contributed by atoms with Crippen LogP contribution in [0.25, 0.3) is 11.1 Å². The second kappa shape index (κ2) is 7.11. The van der Waals surface area contributed by atoms with E-state index < -0.39 is 40.4 Å². The lowest BCUT2D eigenvalue weighted by Gasteiger charge is -2.17. The van der Waals surface area contributed by atoms with Crippen LogP contribution in [0.2, 0.25) is 0 Å². The zero-order valence-electron chi connectivity index (χ0n) is 13.9. The van der Waals surface area contributed by atoms with Gasteiger partial charge in [0.25, 0.3) is 5.78 Å². The average molecular weight is 382 g/mol. The van der Waals surface area contributed by atoms with Gasteiger partial charge in [0.15, 0.2) is 0 Å². The van der Waals surface area contributed by atoms with E-state index >= 15 is 0 Å². The van der Waals surface area contributed by atoms with Crippen LogP contribution >= 0.6 is 0 Å². The molecule has 0 aromatic heterocycles. The quantitative estimate of drug-likeness (QED) is 0.490. The second-order valence-corrected chi connectivity index (χ2v) is 6.12. The van der Waals surface area contributed by atoms with Crippen molar-refractivity contribution in [3.63, 3.8) is 0 Å². The lowest BCUT2D eigenvalue weighted by atomic mass is 9.89. The van der Waals surface area contributed by atoms with Crippen molar-refractivity contribution in [2.45, 2.75) is 25.6 Å². The Balaban J connectivity index is 2.28. The van der Waals surface area contributed by atoms with Gasteiger partial charge >= 0.3 is 12.1 Å². The van der Waals surface area contributed by atoms with Crippen LogP contribution in [0.3, 0.4) is 0 Å². The molecule has 0 radical (unpaired) electrons. The highest BCUT2D eigenvalue weighted by atomic mass is 19.4. The molecule has 0 aliphatic carbocycles. The second-order valence-electron chi connectivity index (χ2n) is 6.12. The highest BCUT2D eigenvalue weighted by molar-refractivity contribution is 6.41. The maximum atomic E-state index is 14.5. The van der Waals surface area contributed by atoms with E-state index in [2.05, 4.69) is 0 Å². The topological polar surface area (TPSA) is 63.6 Å². The molecule has 8 heteroatoms. The monoisotopic (exact) mass is 382 g/mol. The smallest absolute Gasteiger partial charge is 0.417 e. The van der Waals surface area contributed by atoms with Crippen LogP contribution in [0.4, 0.5) is 17.6 Å².